The van der Waals surface area contributed by atoms with Gasteiger partial charge in [0.15, 0.2) is 9.84 Å². The van der Waals surface area contributed by atoms with Crippen molar-refractivity contribution in [3.8, 4) is 11.1 Å². The highest BCUT2D eigenvalue weighted by Crippen LogP contribution is 2.34. The number of hydrogen-bond donors (Lipinski definition) is 0. The van der Waals surface area contributed by atoms with Crippen molar-refractivity contribution in [3.63, 3.8) is 0 Å². The van der Waals surface area contributed by atoms with E-state index in [4.69, 9.17) is 0 Å². The molecule has 0 radical (unpaired) electrons. The van der Waals surface area contributed by atoms with E-state index in [1.165, 1.54) is 5.41 Å². The van der Waals surface area contributed by atoms with Crippen LogP contribution in [0.1, 0.15) is 5.56 Å². The molecule has 0 aliphatic carbocycles. The van der Waals surface area contributed by atoms with E-state index in [2.05, 4.69) is 4.98 Å². The zero-order chi connectivity index (χ0) is 11.9. The second-order valence-electron chi connectivity index (χ2n) is 3.80. The third kappa shape index (κ3) is 1.57. The number of aromatic nitrogens is 1. The van der Waals surface area contributed by atoms with Crippen molar-refractivity contribution < 1.29 is 8.42 Å². The molecule has 0 atom stereocenters. The number of fused-ring (bicyclic) bond motifs is 1. The molecular weight excluding hydrogens is 234 g/mol. The van der Waals surface area contributed by atoms with Crippen molar-refractivity contribution >= 4 is 15.9 Å². The number of nitrogens with zero attached hydrogens (tertiary/aromatic N) is 1. The first-order valence-corrected chi connectivity index (χ1v) is 6.70. The molecule has 0 unspecified atom stereocenters. The first kappa shape index (κ1) is 10.2. The van der Waals surface area contributed by atoms with Crippen LogP contribution in [-0.2, 0) is 9.84 Å². The van der Waals surface area contributed by atoms with Gasteiger partial charge in [0.1, 0.15) is 0 Å². The van der Waals surface area contributed by atoms with Crippen LogP contribution in [0.4, 0.5) is 0 Å². The monoisotopic (exact) mass is 243 g/mol. The number of rotatable bonds is 1. The fourth-order valence-electron chi connectivity index (χ4n) is 1.98. The van der Waals surface area contributed by atoms with Crippen LogP contribution in [0.15, 0.2) is 53.0 Å². The molecule has 0 fully saturated rings. The normalized spacial score (nSPS) is 15.8. The van der Waals surface area contributed by atoms with Crippen LogP contribution in [0.3, 0.4) is 0 Å². The Hall–Kier alpha value is -1.94. The maximum Gasteiger partial charge on any atom is 0.200 e. The van der Waals surface area contributed by atoms with Gasteiger partial charge in [-0.1, -0.05) is 12.1 Å². The zero-order valence-corrected chi connectivity index (χ0v) is 9.68. The van der Waals surface area contributed by atoms with Gasteiger partial charge in [-0.15, -0.1) is 0 Å². The topological polar surface area (TPSA) is 47.0 Å². The Morgan fingerprint density at radius 2 is 1.76 bits per heavy atom. The van der Waals surface area contributed by atoms with E-state index in [0.29, 0.717) is 4.90 Å². The van der Waals surface area contributed by atoms with Crippen LogP contribution < -0.4 is 0 Å². The van der Waals surface area contributed by atoms with Gasteiger partial charge in [-0.25, -0.2) is 8.42 Å². The molecule has 0 N–H and O–H groups in total. The quantitative estimate of drug-likeness (QED) is 0.773. The van der Waals surface area contributed by atoms with Crippen molar-refractivity contribution in [2.75, 3.05) is 0 Å². The minimum atomic E-state index is -3.23. The van der Waals surface area contributed by atoms with Gasteiger partial charge in [0.05, 0.1) is 4.90 Å². The van der Waals surface area contributed by atoms with Crippen molar-refractivity contribution in [2.45, 2.75) is 4.90 Å². The molecule has 4 heteroatoms. The summed E-state index contributed by atoms with van der Waals surface area (Å²) in [6.45, 7) is 0. The Labute approximate surface area is 99.4 Å². The summed E-state index contributed by atoms with van der Waals surface area (Å²) >= 11 is 0. The Kier molecular flexibility index (Phi) is 2.12. The molecule has 1 aliphatic rings. The van der Waals surface area contributed by atoms with E-state index >= 15 is 0 Å². The molecule has 1 aromatic heterocycles. The SMILES string of the molecule is O=S1(=O)C=Cc2c(-c3ccncc3)cccc21. The Morgan fingerprint density at radius 1 is 1.00 bits per heavy atom. The molecule has 1 aromatic carbocycles. The minimum absolute atomic E-state index is 0.381. The van der Waals surface area contributed by atoms with Gasteiger partial charge in [0.2, 0.25) is 0 Å². The summed E-state index contributed by atoms with van der Waals surface area (Å²) in [5.74, 6) is 0. The van der Waals surface area contributed by atoms with E-state index in [1.807, 2.05) is 18.2 Å². The molecule has 0 saturated heterocycles. The largest absolute Gasteiger partial charge is 0.265 e. The Bertz CT molecular complexity index is 703. The van der Waals surface area contributed by atoms with E-state index < -0.39 is 9.84 Å². The van der Waals surface area contributed by atoms with E-state index in [9.17, 15) is 8.42 Å². The highest BCUT2D eigenvalue weighted by atomic mass is 32.2. The lowest BCUT2D eigenvalue weighted by atomic mass is 10.0. The fourth-order valence-corrected chi connectivity index (χ4v) is 3.19. The van der Waals surface area contributed by atoms with Gasteiger partial charge in [-0.2, -0.15) is 0 Å². The maximum atomic E-state index is 11.7. The molecule has 0 amide bonds. The first-order chi connectivity index (χ1) is 8.18. The van der Waals surface area contributed by atoms with E-state index in [1.54, 1.807) is 30.6 Å². The summed E-state index contributed by atoms with van der Waals surface area (Å²) in [5.41, 5.74) is 2.65. The second kappa shape index (κ2) is 3.53. The molecule has 3 rings (SSSR count). The van der Waals surface area contributed by atoms with Crippen molar-refractivity contribution in [2.24, 2.45) is 0 Å². The van der Waals surface area contributed by atoms with Crippen LogP contribution in [0, 0.1) is 0 Å². The summed E-state index contributed by atoms with van der Waals surface area (Å²) in [7, 11) is -3.23. The van der Waals surface area contributed by atoms with Gasteiger partial charge >= 0.3 is 0 Å². The van der Waals surface area contributed by atoms with E-state index in [0.717, 1.165) is 16.7 Å². The average molecular weight is 243 g/mol. The first-order valence-electron chi connectivity index (χ1n) is 5.15. The molecule has 2 aromatic rings. The van der Waals surface area contributed by atoms with Crippen molar-refractivity contribution in [1.29, 1.82) is 0 Å². The summed E-state index contributed by atoms with van der Waals surface area (Å²) in [5, 5.41) is 1.25. The Balaban J connectivity index is 2.30. The Morgan fingerprint density at radius 3 is 2.53 bits per heavy atom. The van der Waals surface area contributed by atoms with Gasteiger partial charge in [-0.05, 0) is 35.4 Å². The predicted molar refractivity (Wildman–Crippen MR) is 65.9 cm³/mol. The van der Waals surface area contributed by atoms with Crippen molar-refractivity contribution in [1.82, 2.24) is 4.98 Å². The molecule has 17 heavy (non-hydrogen) atoms. The number of benzene rings is 1. The number of sulfone groups is 1. The van der Waals surface area contributed by atoms with E-state index in [-0.39, 0.29) is 0 Å². The molecule has 2 heterocycles. The van der Waals surface area contributed by atoms with Gasteiger partial charge < -0.3 is 0 Å². The summed E-state index contributed by atoms with van der Waals surface area (Å²) in [4.78, 5) is 4.34. The summed E-state index contributed by atoms with van der Waals surface area (Å²) in [6, 6.07) is 9.05. The van der Waals surface area contributed by atoms with Crippen LogP contribution in [0.25, 0.3) is 17.2 Å². The highest BCUT2D eigenvalue weighted by molar-refractivity contribution is 7.94. The standard InChI is InChI=1S/C13H9NO2S/c15-17(16)9-6-12-11(2-1-3-13(12)17)10-4-7-14-8-5-10/h1-9H. The third-order valence-electron chi connectivity index (χ3n) is 2.78. The smallest absolute Gasteiger partial charge is 0.200 e. The van der Waals surface area contributed by atoms with Crippen LogP contribution in [0.5, 0.6) is 0 Å². The van der Waals surface area contributed by atoms with Crippen LogP contribution in [0.2, 0.25) is 0 Å². The maximum absolute atomic E-state index is 11.7. The third-order valence-corrected chi connectivity index (χ3v) is 4.24. The fraction of sp³-hybridized carbons (Fsp3) is 0. The summed E-state index contributed by atoms with van der Waals surface area (Å²) in [6.07, 6.45) is 5.05. The molecule has 0 saturated carbocycles. The zero-order valence-electron chi connectivity index (χ0n) is 8.87. The summed E-state index contributed by atoms with van der Waals surface area (Å²) < 4.78 is 23.5. The molecule has 1 aliphatic heterocycles. The lowest BCUT2D eigenvalue weighted by Crippen LogP contribution is -1.94. The molecule has 84 valence electrons. The van der Waals surface area contributed by atoms with Gasteiger partial charge in [0.25, 0.3) is 0 Å². The highest BCUT2D eigenvalue weighted by Gasteiger charge is 2.22. The average Bonchev–Trinajstić information content (AvgIpc) is 2.67. The minimum Gasteiger partial charge on any atom is -0.265 e. The molecular formula is C13H9NO2S. The lowest BCUT2D eigenvalue weighted by molar-refractivity contribution is 0.605. The molecule has 0 spiro atoms. The lowest BCUT2D eigenvalue weighted by Gasteiger charge is -2.06. The molecule has 0 bridgehead atoms. The van der Waals surface area contributed by atoms with Crippen LogP contribution in [-0.4, -0.2) is 13.4 Å². The van der Waals surface area contributed by atoms with Gasteiger partial charge in [0, 0.05) is 23.4 Å². The van der Waals surface area contributed by atoms with Gasteiger partial charge in [-0.3, -0.25) is 4.98 Å². The number of hydrogen-bond acceptors (Lipinski definition) is 3. The van der Waals surface area contributed by atoms with Crippen LogP contribution >= 0.6 is 0 Å². The number of pyridine rings is 1. The molecule has 3 nitrogen and oxygen atoms in total. The van der Waals surface area contributed by atoms with Crippen molar-refractivity contribution in [3.05, 3.63) is 53.7 Å². The second-order valence-corrected chi connectivity index (χ2v) is 5.60. The predicted octanol–water partition coefficient (Wildman–Crippen LogP) is 2.51.